The van der Waals surface area contributed by atoms with E-state index in [4.69, 9.17) is 0 Å². The molecular weight excluding hydrogens is 391 g/mol. The summed E-state index contributed by atoms with van der Waals surface area (Å²) in [5, 5.41) is 7.28. The Morgan fingerprint density at radius 1 is 0.742 bits per heavy atom. The predicted octanol–water partition coefficient (Wildman–Crippen LogP) is 5.39. The average molecular weight is 410 g/mol. The van der Waals surface area contributed by atoms with Gasteiger partial charge >= 0.3 is 0 Å². The number of amides is 2. The molecule has 0 unspecified atom stereocenters. The van der Waals surface area contributed by atoms with Crippen molar-refractivity contribution in [2.24, 2.45) is 0 Å². The lowest BCUT2D eigenvalue weighted by Crippen LogP contribution is -2.30. The Kier molecular flexibility index (Phi) is 5.85. The molecule has 0 bridgehead atoms. The van der Waals surface area contributed by atoms with Crippen molar-refractivity contribution >= 4 is 34.4 Å². The predicted molar refractivity (Wildman–Crippen MR) is 121 cm³/mol. The van der Waals surface area contributed by atoms with Crippen LogP contribution >= 0.6 is 0 Å². The van der Waals surface area contributed by atoms with Gasteiger partial charge in [-0.15, -0.1) is 0 Å². The van der Waals surface area contributed by atoms with Crippen LogP contribution in [0.15, 0.2) is 103 Å². The van der Waals surface area contributed by atoms with Crippen LogP contribution in [0.2, 0.25) is 0 Å². The SMILES string of the molecule is O=C(Nc1cccc2ccccc12)/C(=C/c1ccccc1F)NC(=O)c1ccccc1. The minimum Gasteiger partial charge on any atom is -0.320 e. The van der Waals surface area contributed by atoms with Gasteiger partial charge in [-0.2, -0.15) is 0 Å². The summed E-state index contributed by atoms with van der Waals surface area (Å²) in [6.45, 7) is 0. The Morgan fingerprint density at radius 3 is 2.23 bits per heavy atom. The number of hydrogen-bond acceptors (Lipinski definition) is 2. The fourth-order valence-electron chi connectivity index (χ4n) is 3.21. The first-order valence-corrected chi connectivity index (χ1v) is 9.73. The molecule has 0 atom stereocenters. The maximum Gasteiger partial charge on any atom is 0.272 e. The average Bonchev–Trinajstić information content (AvgIpc) is 2.80. The van der Waals surface area contributed by atoms with Crippen molar-refractivity contribution in [1.29, 1.82) is 0 Å². The molecule has 0 aliphatic heterocycles. The molecule has 0 fully saturated rings. The summed E-state index contributed by atoms with van der Waals surface area (Å²) in [6, 6.07) is 27.8. The molecule has 4 rings (SSSR count). The quantitative estimate of drug-likeness (QED) is 0.434. The first-order valence-electron chi connectivity index (χ1n) is 9.73. The number of carbonyl (C=O) groups is 2. The third-order valence-electron chi connectivity index (χ3n) is 4.77. The van der Waals surface area contributed by atoms with E-state index >= 15 is 0 Å². The van der Waals surface area contributed by atoms with E-state index in [0.717, 1.165) is 10.8 Å². The van der Waals surface area contributed by atoms with Gasteiger partial charge in [0.05, 0.1) is 0 Å². The highest BCUT2D eigenvalue weighted by atomic mass is 19.1. The summed E-state index contributed by atoms with van der Waals surface area (Å²) in [6.07, 6.45) is 1.33. The zero-order valence-electron chi connectivity index (χ0n) is 16.5. The van der Waals surface area contributed by atoms with Gasteiger partial charge in [0.1, 0.15) is 11.5 Å². The van der Waals surface area contributed by atoms with Crippen LogP contribution in [-0.4, -0.2) is 11.8 Å². The van der Waals surface area contributed by atoms with Gasteiger partial charge in [0.2, 0.25) is 0 Å². The fraction of sp³-hybridized carbons (Fsp3) is 0. The van der Waals surface area contributed by atoms with E-state index in [2.05, 4.69) is 10.6 Å². The topological polar surface area (TPSA) is 58.2 Å². The Hall–Kier alpha value is -4.25. The number of hydrogen-bond donors (Lipinski definition) is 2. The highest BCUT2D eigenvalue weighted by Gasteiger charge is 2.16. The second-order valence-electron chi connectivity index (χ2n) is 6.88. The maximum absolute atomic E-state index is 14.2. The summed E-state index contributed by atoms with van der Waals surface area (Å²) in [5.74, 6) is -1.51. The molecule has 0 saturated carbocycles. The van der Waals surface area contributed by atoms with Crippen LogP contribution in [0.3, 0.4) is 0 Å². The molecule has 4 aromatic carbocycles. The Labute approximate surface area is 179 Å². The monoisotopic (exact) mass is 410 g/mol. The molecule has 0 aliphatic carbocycles. The van der Waals surface area contributed by atoms with Crippen LogP contribution in [-0.2, 0) is 4.79 Å². The highest BCUT2D eigenvalue weighted by molar-refractivity contribution is 6.13. The molecule has 0 saturated heterocycles. The van der Waals surface area contributed by atoms with Crippen molar-refractivity contribution < 1.29 is 14.0 Å². The summed E-state index contributed by atoms with van der Waals surface area (Å²) in [4.78, 5) is 25.8. The number of halogens is 1. The van der Waals surface area contributed by atoms with Gasteiger partial charge in [0.25, 0.3) is 11.8 Å². The van der Waals surface area contributed by atoms with Gasteiger partial charge in [-0.3, -0.25) is 9.59 Å². The number of nitrogens with one attached hydrogen (secondary N) is 2. The number of rotatable bonds is 5. The molecule has 2 amide bonds. The summed E-state index contributed by atoms with van der Waals surface area (Å²) < 4.78 is 14.2. The first kappa shape index (κ1) is 20.0. The van der Waals surface area contributed by atoms with Crippen molar-refractivity contribution in [3.63, 3.8) is 0 Å². The van der Waals surface area contributed by atoms with Crippen molar-refractivity contribution in [2.75, 3.05) is 5.32 Å². The molecule has 0 heterocycles. The number of fused-ring (bicyclic) bond motifs is 1. The fourth-order valence-corrected chi connectivity index (χ4v) is 3.21. The smallest absolute Gasteiger partial charge is 0.272 e. The van der Waals surface area contributed by atoms with Crippen LogP contribution in [0.5, 0.6) is 0 Å². The van der Waals surface area contributed by atoms with Gasteiger partial charge in [0.15, 0.2) is 0 Å². The second kappa shape index (κ2) is 9.05. The van der Waals surface area contributed by atoms with Crippen LogP contribution in [0, 0.1) is 5.82 Å². The standard InChI is InChI=1S/C26H19FN2O2/c27-22-15-7-5-12-20(22)17-24(29-25(30)19-10-2-1-3-11-19)26(31)28-23-16-8-13-18-9-4-6-14-21(18)23/h1-17H,(H,28,31)(H,29,30)/b24-17-. The second-order valence-corrected chi connectivity index (χ2v) is 6.88. The third-order valence-corrected chi connectivity index (χ3v) is 4.77. The molecule has 0 aliphatic rings. The molecule has 5 heteroatoms. The van der Waals surface area contributed by atoms with Crippen LogP contribution in [0.1, 0.15) is 15.9 Å². The first-order chi connectivity index (χ1) is 15.1. The summed E-state index contributed by atoms with van der Waals surface area (Å²) in [5.41, 5.74) is 1.11. The van der Waals surface area contributed by atoms with Crippen LogP contribution in [0.4, 0.5) is 10.1 Å². The van der Waals surface area contributed by atoms with Crippen molar-refractivity contribution in [3.05, 3.63) is 120 Å². The number of benzene rings is 4. The third kappa shape index (κ3) is 4.67. The van der Waals surface area contributed by atoms with E-state index in [0.29, 0.717) is 11.3 Å². The lowest BCUT2D eigenvalue weighted by Gasteiger charge is -2.13. The Bertz CT molecular complexity index is 1280. The molecule has 0 radical (unpaired) electrons. The van der Waals surface area contributed by atoms with Gasteiger partial charge < -0.3 is 10.6 Å². The van der Waals surface area contributed by atoms with Gasteiger partial charge in [0, 0.05) is 22.2 Å². The summed E-state index contributed by atoms with van der Waals surface area (Å²) >= 11 is 0. The molecule has 4 aromatic rings. The number of carbonyl (C=O) groups excluding carboxylic acids is 2. The Balaban J connectivity index is 1.68. The normalized spacial score (nSPS) is 11.2. The molecule has 2 N–H and O–H groups in total. The molecular formula is C26H19FN2O2. The maximum atomic E-state index is 14.2. The molecule has 152 valence electrons. The Morgan fingerprint density at radius 2 is 1.42 bits per heavy atom. The zero-order valence-corrected chi connectivity index (χ0v) is 16.5. The van der Waals surface area contributed by atoms with E-state index in [9.17, 15) is 14.0 Å². The number of anilines is 1. The van der Waals surface area contributed by atoms with Gasteiger partial charge in [-0.25, -0.2) is 4.39 Å². The summed E-state index contributed by atoms with van der Waals surface area (Å²) in [7, 11) is 0. The van der Waals surface area contributed by atoms with E-state index in [1.807, 2.05) is 36.4 Å². The molecule has 31 heavy (non-hydrogen) atoms. The van der Waals surface area contributed by atoms with Gasteiger partial charge in [-0.1, -0.05) is 72.8 Å². The van der Waals surface area contributed by atoms with Crippen molar-refractivity contribution in [2.45, 2.75) is 0 Å². The lowest BCUT2D eigenvalue weighted by atomic mass is 10.1. The van der Waals surface area contributed by atoms with E-state index in [1.54, 1.807) is 48.5 Å². The molecule has 0 aromatic heterocycles. The minimum atomic E-state index is -0.552. The van der Waals surface area contributed by atoms with Crippen molar-refractivity contribution in [3.8, 4) is 0 Å². The van der Waals surface area contributed by atoms with Gasteiger partial charge in [-0.05, 0) is 35.7 Å². The molecule has 0 spiro atoms. The van der Waals surface area contributed by atoms with Crippen LogP contribution in [0.25, 0.3) is 16.8 Å². The van der Waals surface area contributed by atoms with E-state index in [-0.39, 0.29) is 11.3 Å². The largest absolute Gasteiger partial charge is 0.320 e. The zero-order chi connectivity index (χ0) is 21.6. The van der Waals surface area contributed by atoms with E-state index < -0.39 is 17.6 Å². The molecule has 4 nitrogen and oxygen atoms in total. The van der Waals surface area contributed by atoms with E-state index in [1.165, 1.54) is 18.2 Å². The highest BCUT2D eigenvalue weighted by Crippen LogP contribution is 2.23. The van der Waals surface area contributed by atoms with Crippen molar-refractivity contribution in [1.82, 2.24) is 5.32 Å². The minimum absolute atomic E-state index is 0.0631. The van der Waals surface area contributed by atoms with Crippen LogP contribution < -0.4 is 10.6 Å². The lowest BCUT2D eigenvalue weighted by molar-refractivity contribution is -0.113.